The van der Waals surface area contributed by atoms with Crippen LogP contribution < -0.4 is 4.74 Å². The van der Waals surface area contributed by atoms with Crippen molar-refractivity contribution in [3.8, 4) is 5.75 Å². The molecule has 0 saturated heterocycles. The molecule has 1 unspecified atom stereocenters. The Morgan fingerprint density at radius 2 is 2.29 bits per heavy atom. The van der Waals surface area contributed by atoms with Crippen LogP contribution in [0, 0.1) is 0 Å². The molecule has 17 heavy (non-hydrogen) atoms. The minimum absolute atomic E-state index is 0.0254. The van der Waals surface area contributed by atoms with Gasteiger partial charge in [-0.3, -0.25) is 4.79 Å². The molecular formula is C14H18O3. The van der Waals surface area contributed by atoms with Crippen LogP contribution in [-0.4, -0.2) is 17.2 Å². The first-order valence-electron chi connectivity index (χ1n) is 6.13. The quantitative estimate of drug-likeness (QED) is 0.851. The van der Waals surface area contributed by atoms with Crippen molar-refractivity contribution in [2.75, 3.05) is 0 Å². The number of rotatable bonds is 5. The van der Waals surface area contributed by atoms with E-state index >= 15 is 0 Å². The Kier molecular flexibility index (Phi) is 3.67. The maximum absolute atomic E-state index is 10.7. The van der Waals surface area contributed by atoms with E-state index in [4.69, 9.17) is 9.84 Å². The second kappa shape index (κ2) is 5.21. The number of hydrogen-bond acceptors (Lipinski definition) is 2. The molecule has 0 aromatic heterocycles. The van der Waals surface area contributed by atoms with E-state index in [9.17, 15) is 4.79 Å². The van der Waals surface area contributed by atoms with Crippen molar-refractivity contribution < 1.29 is 14.6 Å². The van der Waals surface area contributed by atoms with Crippen LogP contribution >= 0.6 is 0 Å². The summed E-state index contributed by atoms with van der Waals surface area (Å²) in [5.41, 5.74) is 1.03. The lowest BCUT2D eigenvalue weighted by Gasteiger charge is -2.26. The number of carbonyl (C=O) groups is 1. The van der Waals surface area contributed by atoms with E-state index in [0.29, 0.717) is 6.10 Å². The summed E-state index contributed by atoms with van der Waals surface area (Å²) in [7, 11) is 0. The number of carboxylic acids is 1. The van der Waals surface area contributed by atoms with Gasteiger partial charge in [0, 0.05) is 0 Å². The number of benzene rings is 1. The average Bonchev–Trinajstić information content (AvgIpc) is 2.23. The summed E-state index contributed by atoms with van der Waals surface area (Å²) >= 11 is 0. The molecule has 1 saturated carbocycles. The molecule has 1 aliphatic rings. The number of ether oxygens (including phenoxy) is 1. The molecule has 1 aliphatic carbocycles. The van der Waals surface area contributed by atoms with Crippen LogP contribution in [0.2, 0.25) is 0 Å². The summed E-state index contributed by atoms with van der Waals surface area (Å²) in [6.45, 7) is 1.93. The Hall–Kier alpha value is -1.51. The highest BCUT2D eigenvalue weighted by molar-refractivity contribution is 5.68. The largest absolute Gasteiger partial charge is 0.490 e. The van der Waals surface area contributed by atoms with Crippen molar-refractivity contribution in [2.24, 2.45) is 0 Å². The molecule has 1 fully saturated rings. The van der Waals surface area contributed by atoms with Crippen molar-refractivity contribution in [3.05, 3.63) is 29.8 Å². The summed E-state index contributed by atoms with van der Waals surface area (Å²) in [6, 6.07) is 7.80. The molecule has 0 aliphatic heterocycles. The van der Waals surface area contributed by atoms with Crippen LogP contribution in [0.15, 0.2) is 24.3 Å². The zero-order chi connectivity index (χ0) is 12.3. The average molecular weight is 234 g/mol. The first-order valence-corrected chi connectivity index (χ1v) is 6.13. The normalized spacial score (nSPS) is 17.2. The predicted molar refractivity (Wildman–Crippen MR) is 65.4 cm³/mol. The van der Waals surface area contributed by atoms with E-state index in [1.54, 1.807) is 0 Å². The summed E-state index contributed by atoms with van der Waals surface area (Å²) in [5, 5.41) is 8.78. The minimum atomic E-state index is -0.761. The van der Waals surface area contributed by atoms with Crippen LogP contribution in [0.3, 0.4) is 0 Å². The van der Waals surface area contributed by atoms with Crippen molar-refractivity contribution in [1.29, 1.82) is 0 Å². The molecule has 1 aromatic rings. The number of carboxylic acid groups (broad SMARTS) is 1. The zero-order valence-corrected chi connectivity index (χ0v) is 10.1. The second-order valence-corrected chi connectivity index (χ2v) is 4.74. The van der Waals surface area contributed by atoms with Gasteiger partial charge in [0.15, 0.2) is 0 Å². The smallest absolute Gasteiger partial charge is 0.303 e. The fraction of sp³-hybridized carbons (Fsp3) is 0.500. The summed E-state index contributed by atoms with van der Waals surface area (Å²) in [4.78, 5) is 10.7. The Morgan fingerprint density at radius 1 is 1.53 bits per heavy atom. The van der Waals surface area contributed by atoms with Gasteiger partial charge in [-0.05, 0) is 42.9 Å². The van der Waals surface area contributed by atoms with Crippen LogP contribution in [-0.2, 0) is 4.79 Å². The van der Waals surface area contributed by atoms with E-state index in [1.807, 2.05) is 31.2 Å². The van der Waals surface area contributed by atoms with Gasteiger partial charge in [0.05, 0.1) is 12.5 Å². The third-order valence-electron chi connectivity index (χ3n) is 3.26. The Bertz CT molecular complexity index is 396. The maximum Gasteiger partial charge on any atom is 0.303 e. The van der Waals surface area contributed by atoms with E-state index in [2.05, 4.69) is 0 Å². The Labute approximate surface area is 101 Å². The van der Waals surface area contributed by atoms with Crippen LogP contribution in [0.1, 0.15) is 44.1 Å². The zero-order valence-electron chi connectivity index (χ0n) is 10.1. The lowest BCUT2D eigenvalue weighted by Crippen LogP contribution is -2.24. The summed E-state index contributed by atoms with van der Waals surface area (Å²) < 4.78 is 5.80. The third kappa shape index (κ3) is 3.22. The van der Waals surface area contributed by atoms with Crippen LogP contribution in [0.25, 0.3) is 0 Å². The van der Waals surface area contributed by atoms with Gasteiger partial charge in [-0.2, -0.15) is 0 Å². The Balaban J connectivity index is 2.01. The van der Waals surface area contributed by atoms with E-state index in [-0.39, 0.29) is 12.3 Å². The molecule has 1 atom stereocenters. The van der Waals surface area contributed by atoms with E-state index < -0.39 is 5.97 Å². The van der Waals surface area contributed by atoms with E-state index in [1.165, 1.54) is 6.42 Å². The van der Waals surface area contributed by atoms with Crippen molar-refractivity contribution in [2.45, 2.75) is 44.6 Å². The fourth-order valence-corrected chi connectivity index (χ4v) is 1.96. The lowest BCUT2D eigenvalue weighted by molar-refractivity contribution is -0.137. The summed E-state index contributed by atoms with van der Waals surface area (Å²) in [6.07, 6.45) is 4.04. The molecule has 1 N–H and O–H groups in total. The van der Waals surface area contributed by atoms with Crippen molar-refractivity contribution >= 4 is 5.97 Å². The highest BCUT2D eigenvalue weighted by Crippen LogP contribution is 2.28. The summed E-state index contributed by atoms with van der Waals surface area (Å²) in [5.74, 6) is 0.129. The van der Waals surface area contributed by atoms with Crippen LogP contribution in [0.4, 0.5) is 0 Å². The van der Waals surface area contributed by atoms with Crippen LogP contribution in [0.5, 0.6) is 5.75 Å². The number of hydrogen-bond donors (Lipinski definition) is 1. The maximum atomic E-state index is 10.7. The van der Waals surface area contributed by atoms with Gasteiger partial charge in [-0.1, -0.05) is 19.1 Å². The highest BCUT2D eigenvalue weighted by atomic mass is 16.5. The third-order valence-corrected chi connectivity index (χ3v) is 3.26. The van der Waals surface area contributed by atoms with E-state index in [0.717, 1.165) is 24.2 Å². The topological polar surface area (TPSA) is 46.5 Å². The van der Waals surface area contributed by atoms with Crippen molar-refractivity contribution in [3.63, 3.8) is 0 Å². The first kappa shape index (κ1) is 12.0. The monoisotopic (exact) mass is 234 g/mol. The molecule has 1 aromatic carbocycles. The van der Waals surface area contributed by atoms with Gasteiger partial charge in [-0.25, -0.2) is 0 Å². The minimum Gasteiger partial charge on any atom is -0.490 e. The van der Waals surface area contributed by atoms with Gasteiger partial charge in [0.1, 0.15) is 5.75 Å². The molecule has 0 bridgehead atoms. The van der Waals surface area contributed by atoms with Crippen molar-refractivity contribution in [1.82, 2.24) is 0 Å². The molecular weight excluding hydrogens is 216 g/mol. The second-order valence-electron chi connectivity index (χ2n) is 4.74. The standard InChI is InChI=1S/C14H18O3/c1-10(8-14(15)16)11-4-2-7-13(9-11)17-12-5-3-6-12/h2,4,7,9-10,12H,3,5-6,8H2,1H3,(H,15,16). The molecule has 3 heteroatoms. The number of aliphatic carboxylic acids is 1. The SMILES string of the molecule is CC(CC(=O)O)c1cccc(OC2CCC2)c1. The Morgan fingerprint density at radius 3 is 2.88 bits per heavy atom. The molecule has 3 nitrogen and oxygen atoms in total. The predicted octanol–water partition coefficient (Wildman–Crippen LogP) is 3.20. The molecule has 0 spiro atoms. The van der Waals surface area contributed by atoms with Gasteiger partial charge in [-0.15, -0.1) is 0 Å². The fourth-order valence-electron chi connectivity index (χ4n) is 1.96. The van der Waals surface area contributed by atoms with Gasteiger partial charge in [0.25, 0.3) is 0 Å². The van der Waals surface area contributed by atoms with Gasteiger partial charge >= 0.3 is 5.97 Å². The van der Waals surface area contributed by atoms with Gasteiger partial charge in [0.2, 0.25) is 0 Å². The first-order chi connectivity index (χ1) is 8.15. The molecule has 92 valence electrons. The highest BCUT2D eigenvalue weighted by Gasteiger charge is 2.19. The van der Waals surface area contributed by atoms with Gasteiger partial charge < -0.3 is 9.84 Å². The lowest BCUT2D eigenvalue weighted by atomic mass is 9.95. The molecule has 0 amide bonds. The molecule has 0 heterocycles. The molecule has 2 rings (SSSR count). The molecule has 0 radical (unpaired) electrons.